The SMILES string of the molecule is CC(C)(C)OC(=O)C(Cc1ccccc1)C(=O)C(C)(C)C. The van der Waals surface area contributed by atoms with Gasteiger partial charge in [0.15, 0.2) is 5.78 Å². The molecule has 0 aromatic heterocycles. The van der Waals surface area contributed by atoms with Crippen molar-refractivity contribution < 1.29 is 14.3 Å². The molecule has 21 heavy (non-hydrogen) atoms. The highest BCUT2D eigenvalue weighted by molar-refractivity contribution is 6.01. The van der Waals surface area contributed by atoms with Crippen molar-refractivity contribution in [2.24, 2.45) is 11.3 Å². The smallest absolute Gasteiger partial charge is 0.317 e. The first-order chi connectivity index (χ1) is 9.50. The predicted molar refractivity (Wildman–Crippen MR) is 83.9 cm³/mol. The van der Waals surface area contributed by atoms with Gasteiger partial charge in [-0.3, -0.25) is 9.59 Å². The lowest BCUT2D eigenvalue weighted by molar-refractivity contribution is -0.163. The summed E-state index contributed by atoms with van der Waals surface area (Å²) in [5.74, 6) is -1.28. The number of hydrogen-bond acceptors (Lipinski definition) is 3. The third-order valence-electron chi connectivity index (χ3n) is 3.03. The Hall–Kier alpha value is -1.64. The van der Waals surface area contributed by atoms with E-state index >= 15 is 0 Å². The molecule has 1 atom stereocenters. The number of hydrogen-bond donors (Lipinski definition) is 0. The number of carbonyl (C=O) groups is 2. The van der Waals surface area contributed by atoms with E-state index in [-0.39, 0.29) is 5.78 Å². The lowest BCUT2D eigenvalue weighted by Gasteiger charge is -2.27. The van der Waals surface area contributed by atoms with E-state index < -0.39 is 22.9 Å². The molecule has 0 saturated carbocycles. The van der Waals surface area contributed by atoms with Crippen LogP contribution in [-0.2, 0) is 20.7 Å². The highest BCUT2D eigenvalue weighted by atomic mass is 16.6. The molecule has 0 radical (unpaired) electrons. The molecule has 0 aliphatic heterocycles. The van der Waals surface area contributed by atoms with Gasteiger partial charge in [0.1, 0.15) is 11.5 Å². The summed E-state index contributed by atoms with van der Waals surface area (Å²) in [5.41, 5.74) is -0.202. The molecular weight excluding hydrogens is 264 g/mol. The Labute approximate surface area is 127 Å². The van der Waals surface area contributed by atoms with Crippen molar-refractivity contribution >= 4 is 11.8 Å². The van der Waals surface area contributed by atoms with Gasteiger partial charge in [0.05, 0.1) is 0 Å². The van der Waals surface area contributed by atoms with Crippen LogP contribution in [0.5, 0.6) is 0 Å². The van der Waals surface area contributed by atoms with E-state index in [1.165, 1.54) is 0 Å². The van der Waals surface area contributed by atoms with Crippen LogP contribution < -0.4 is 0 Å². The molecular formula is C18H26O3. The molecule has 0 fully saturated rings. The van der Waals surface area contributed by atoms with Crippen LogP contribution in [0.1, 0.15) is 47.1 Å². The van der Waals surface area contributed by atoms with Crippen molar-refractivity contribution in [2.75, 3.05) is 0 Å². The van der Waals surface area contributed by atoms with Crippen LogP contribution in [0, 0.1) is 11.3 Å². The van der Waals surface area contributed by atoms with E-state index in [1.54, 1.807) is 0 Å². The fourth-order valence-electron chi connectivity index (χ4n) is 2.03. The van der Waals surface area contributed by atoms with Crippen LogP contribution in [0.15, 0.2) is 30.3 Å². The summed E-state index contributed by atoms with van der Waals surface area (Å²) in [6.07, 6.45) is 0.381. The first-order valence-corrected chi connectivity index (χ1v) is 7.32. The molecule has 0 spiro atoms. The zero-order chi connectivity index (χ0) is 16.3. The van der Waals surface area contributed by atoms with Crippen LogP contribution in [0.2, 0.25) is 0 Å². The maximum Gasteiger partial charge on any atom is 0.317 e. The van der Waals surface area contributed by atoms with E-state index in [0.717, 1.165) is 5.56 Å². The van der Waals surface area contributed by atoms with Crippen LogP contribution in [0.4, 0.5) is 0 Å². The van der Waals surface area contributed by atoms with E-state index in [2.05, 4.69) is 0 Å². The topological polar surface area (TPSA) is 43.4 Å². The molecule has 1 unspecified atom stereocenters. The number of esters is 1. The van der Waals surface area contributed by atoms with Gasteiger partial charge in [0, 0.05) is 5.41 Å². The average Bonchev–Trinajstić information content (AvgIpc) is 2.33. The van der Waals surface area contributed by atoms with Crippen LogP contribution in [0.25, 0.3) is 0 Å². The van der Waals surface area contributed by atoms with Gasteiger partial charge in [-0.25, -0.2) is 0 Å². The standard InChI is InChI=1S/C18H26O3/c1-17(2,3)15(19)14(16(20)21-18(4,5)6)12-13-10-8-7-9-11-13/h7-11,14H,12H2,1-6H3. The Bertz CT molecular complexity index is 489. The van der Waals surface area contributed by atoms with Gasteiger partial charge in [-0.15, -0.1) is 0 Å². The number of ketones is 1. The highest BCUT2D eigenvalue weighted by Gasteiger charge is 2.37. The number of carbonyl (C=O) groups excluding carboxylic acids is 2. The van der Waals surface area contributed by atoms with Crippen LogP contribution in [-0.4, -0.2) is 17.4 Å². The molecule has 0 aliphatic rings. The first kappa shape index (κ1) is 17.4. The maximum atomic E-state index is 12.6. The van der Waals surface area contributed by atoms with E-state index in [4.69, 9.17) is 4.74 Å². The quantitative estimate of drug-likeness (QED) is 0.625. The number of ether oxygens (including phenoxy) is 1. The summed E-state index contributed by atoms with van der Waals surface area (Å²) < 4.78 is 5.43. The van der Waals surface area contributed by atoms with Gasteiger partial charge in [-0.05, 0) is 32.8 Å². The Morgan fingerprint density at radius 2 is 1.52 bits per heavy atom. The van der Waals surface area contributed by atoms with Crippen LogP contribution >= 0.6 is 0 Å². The summed E-state index contributed by atoms with van der Waals surface area (Å²) >= 11 is 0. The molecule has 3 nitrogen and oxygen atoms in total. The second-order valence-electron chi connectivity index (χ2n) is 7.39. The van der Waals surface area contributed by atoms with E-state index in [1.807, 2.05) is 71.9 Å². The fraction of sp³-hybridized carbons (Fsp3) is 0.556. The lowest BCUT2D eigenvalue weighted by Crippen LogP contribution is -2.39. The van der Waals surface area contributed by atoms with Gasteiger partial charge in [0.25, 0.3) is 0 Å². The average molecular weight is 290 g/mol. The monoisotopic (exact) mass is 290 g/mol. The Morgan fingerprint density at radius 3 is 1.95 bits per heavy atom. The first-order valence-electron chi connectivity index (χ1n) is 7.32. The van der Waals surface area contributed by atoms with Gasteiger partial charge < -0.3 is 4.74 Å². The molecule has 3 heteroatoms. The molecule has 0 N–H and O–H groups in total. The van der Waals surface area contributed by atoms with Gasteiger partial charge >= 0.3 is 5.97 Å². The summed E-state index contributed by atoms with van der Waals surface area (Å²) in [7, 11) is 0. The number of Topliss-reactive ketones (excluding diaryl/α,β-unsaturated/α-hetero) is 1. The zero-order valence-corrected chi connectivity index (χ0v) is 13.9. The van der Waals surface area contributed by atoms with Gasteiger partial charge in [-0.1, -0.05) is 51.1 Å². The Morgan fingerprint density at radius 1 is 1.00 bits per heavy atom. The van der Waals surface area contributed by atoms with Crippen molar-refractivity contribution in [3.05, 3.63) is 35.9 Å². The van der Waals surface area contributed by atoms with E-state index in [0.29, 0.717) is 6.42 Å². The normalized spacial score (nSPS) is 13.6. The van der Waals surface area contributed by atoms with Crippen LogP contribution in [0.3, 0.4) is 0 Å². The zero-order valence-electron chi connectivity index (χ0n) is 13.9. The molecule has 116 valence electrons. The third kappa shape index (κ3) is 5.70. The Balaban J connectivity index is 3.00. The third-order valence-corrected chi connectivity index (χ3v) is 3.03. The molecule has 0 aliphatic carbocycles. The number of rotatable bonds is 4. The lowest BCUT2D eigenvalue weighted by atomic mass is 9.80. The molecule has 1 aromatic carbocycles. The molecule has 1 aromatic rings. The number of benzene rings is 1. The Kier molecular flexibility index (Phi) is 5.32. The van der Waals surface area contributed by atoms with Crippen molar-refractivity contribution in [3.8, 4) is 0 Å². The summed E-state index contributed by atoms with van der Waals surface area (Å²) in [6.45, 7) is 10.9. The van der Waals surface area contributed by atoms with Gasteiger partial charge in [-0.2, -0.15) is 0 Å². The highest BCUT2D eigenvalue weighted by Crippen LogP contribution is 2.25. The largest absolute Gasteiger partial charge is 0.459 e. The summed E-state index contributed by atoms with van der Waals surface area (Å²) in [4.78, 5) is 25.0. The second kappa shape index (κ2) is 6.42. The maximum absolute atomic E-state index is 12.6. The van der Waals surface area contributed by atoms with Crippen molar-refractivity contribution in [3.63, 3.8) is 0 Å². The minimum Gasteiger partial charge on any atom is -0.459 e. The summed E-state index contributed by atoms with van der Waals surface area (Å²) in [6, 6.07) is 9.57. The van der Waals surface area contributed by atoms with Crippen molar-refractivity contribution in [1.82, 2.24) is 0 Å². The minimum absolute atomic E-state index is 0.0828. The minimum atomic E-state index is -0.758. The van der Waals surface area contributed by atoms with Gasteiger partial charge in [0.2, 0.25) is 0 Å². The summed E-state index contributed by atoms with van der Waals surface area (Å²) in [5, 5.41) is 0. The fourth-order valence-corrected chi connectivity index (χ4v) is 2.03. The molecule has 0 bridgehead atoms. The molecule has 0 saturated heterocycles. The molecule has 0 heterocycles. The van der Waals surface area contributed by atoms with E-state index in [9.17, 15) is 9.59 Å². The second-order valence-corrected chi connectivity index (χ2v) is 7.39. The van der Waals surface area contributed by atoms with Crippen molar-refractivity contribution in [2.45, 2.75) is 53.6 Å². The molecule has 1 rings (SSSR count). The van der Waals surface area contributed by atoms with Crippen molar-refractivity contribution in [1.29, 1.82) is 0 Å². The predicted octanol–water partition coefficient (Wildman–Crippen LogP) is 3.80. The molecule has 0 amide bonds.